The largest absolute Gasteiger partial charge is 0.494 e. The van der Waals surface area contributed by atoms with Gasteiger partial charge >= 0.3 is 19.5 Å². The van der Waals surface area contributed by atoms with Gasteiger partial charge in [0.15, 0.2) is 23.8 Å². The van der Waals surface area contributed by atoms with Crippen LogP contribution in [-0.4, -0.2) is 140 Å². The molecule has 0 bridgehead atoms. The molecule has 6 aromatic rings. The third-order valence-corrected chi connectivity index (χ3v) is 12.9. The van der Waals surface area contributed by atoms with Gasteiger partial charge in [0.2, 0.25) is 0 Å². The summed E-state index contributed by atoms with van der Waals surface area (Å²) in [4.78, 5) is 17.6. The van der Waals surface area contributed by atoms with Crippen LogP contribution in [0.1, 0.15) is 58.7 Å². The molecular weight excluding hydrogens is 1000 g/mol. The zero-order valence-corrected chi connectivity index (χ0v) is 40.5. The minimum atomic E-state index is -4.81. The Morgan fingerprint density at radius 3 is 1.21 bits per heavy atom. The van der Waals surface area contributed by atoms with Gasteiger partial charge in [0.25, 0.3) is 0 Å². The topological polar surface area (TPSA) is 185 Å². The highest BCUT2D eigenvalue weighted by Gasteiger charge is 2.51. The minimum absolute atomic E-state index is 0. The second-order valence-electron chi connectivity index (χ2n) is 17.4. The predicted molar refractivity (Wildman–Crippen MR) is 262 cm³/mol. The van der Waals surface area contributed by atoms with Gasteiger partial charge in [-0.15, -0.1) is 10.2 Å². The predicted octanol–water partition coefficient (Wildman–Crippen LogP) is 6.44. The number of pyridine rings is 2. The molecular formula is C46H57BBrF6N13O4. The molecule has 71 heavy (non-hydrogen) atoms. The van der Waals surface area contributed by atoms with Gasteiger partial charge in [-0.25, -0.2) is 19.3 Å². The van der Waals surface area contributed by atoms with E-state index in [1.54, 1.807) is 24.5 Å². The van der Waals surface area contributed by atoms with Crippen LogP contribution < -0.4 is 30.8 Å². The first kappa shape index (κ1) is 54.5. The summed E-state index contributed by atoms with van der Waals surface area (Å²) >= 11 is 3.44. The third-order valence-electron chi connectivity index (χ3n) is 12.4. The van der Waals surface area contributed by atoms with Crippen molar-refractivity contribution in [3.05, 3.63) is 113 Å². The minimum Gasteiger partial charge on any atom is -0.399 e. The number of piperazine rings is 2. The summed E-state index contributed by atoms with van der Waals surface area (Å²) in [6.45, 7) is 14.7. The van der Waals surface area contributed by atoms with Gasteiger partial charge in [0, 0.05) is 68.2 Å². The molecule has 2 aromatic carbocycles. The van der Waals surface area contributed by atoms with Gasteiger partial charge in [-0.05, 0) is 101 Å². The lowest BCUT2D eigenvalue weighted by molar-refractivity contribution is -0.208. The van der Waals surface area contributed by atoms with Crippen LogP contribution in [0, 0.1) is 0 Å². The molecule has 2 atom stereocenters. The van der Waals surface area contributed by atoms with Crippen molar-refractivity contribution in [3.8, 4) is 11.6 Å². The number of aliphatic hydroxyl groups excluding tert-OH is 2. The Kier molecular flexibility index (Phi) is 17.1. The Bertz CT molecular complexity index is 2590. The van der Waals surface area contributed by atoms with Crippen LogP contribution in [0.15, 0.2) is 102 Å². The smallest absolute Gasteiger partial charge is 0.399 e. The number of rotatable bonds is 9. The maximum atomic E-state index is 12.7. The van der Waals surface area contributed by atoms with Crippen LogP contribution in [0.2, 0.25) is 0 Å². The van der Waals surface area contributed by atoms with E-state index in [4.69, 9.17) is 9.31 Å². The third kappa shape index (κ3) is 12.8. The van der Waals surface area contributed by atoms with Crippen LogP contribution in [0.5, 0.6) is 0 Å². The second kappa shape index (κ2) is 22.3. The van der Waals surface area contributed by atoms with Crippen LogP contribution in [-0.2, 0) is 9.31 Å². The Morgan fingerprint density at radius 2 is 0.887 bits per heavy atom. The number of hydrogen-bond acceptors (Lipinski definition) is 15. The van der Waals surface area contributed by atoms with Crippen molar-refractivity contribution >= 4 is 51.3 Å². The number of benzene rings is 2. The number of halogens is 7. The van der Waals surface area contributed by atoms with Crippen molar-refractivity contribution in [1.29, 1.82) is 0 Å². The van der Waals surface area contributed by atoms with Crippen molar-refractivity contribution in [2.24, 2.45) is 5.73 Å². The highest BCUT2D eigenvalue weighted by Crippen LogP contribution is 2.37. The van der Waals surface area contributed by atoms with E-state index in [2.05, 4.69) is 108 Å². The Labute approximate surface area is 416 Å². The number of nitrogens with zero attached hydrogens (tertiary/aromatic N) is 12. The van der Waals surface area contributed by atoms with Crippen LogP contribution in [0.4, 0.5) is 49.1 Å². The first-order valence-electron chi connectivity index (χ1n) is 22.2. The van der Waals surface area contributed by atoms with Gasteiger partial charge in [-0.1, -0.05) is 45.9 Å². The molecule has 4 aromatic heterocycles. The highest BCUT2D eigenvalue weighted by atomic mass is 79.9. The summed E-state index contributed by atoms with van der Waals surface area (Å²) in [6, 6.07) is 23.5. The van der Waals surface area contributed by atoms with E-state index in [9.17, 15) is 36.6 Å². The summed E-state index contributed by atoms with van der Waals surface area (Å²) in [7, 11) is 1.11. The van der Waals surface area contributed by atoms with Crippen molar-refractivity contribution in [1.82, 2.24) is 40.0 Å². The van der Waals surface area contributed by atoms with E-state index in [1.807, 2.05) is 52.0 Å². The maximum Gasteiger partial charge on any atom is 0.494 e. The van der Waals surface area contributed by atoms with Gasteiger partial charge in [-0.3, -0.25) is 0 Å². The molecule has 25 heteroatoms. The lowest BCUT2D eigenvalue weighted by Crippen LogP contribution is -2.46. The molecule has 3 aliphatic heterocycles. The number of hydrogen-bond donors (Lipinski definition) is 3. The van der Waals surface area contributed by atoms with Gasteiger partial charge in [0.05, 0.1) is 47.4 Å². The van der Waals surface area contributed by atoms with E-state index in [0.717, 1.165) is 101 Å². The molecule has 0 amide bonds. The first-order chi connectivity index (χ1) is 33.1. The lowest BCUT2D eigenvalue weighted by Gasteiger charge is -2.37. The molecule has 0 spiro atoms. The first-order valence-corrected chi connectivity index (χ1v) is 23.0. The van der Waals surface area contributed by atoms with Gasteiger partial charge in [0.1, 0.15) is 11.4 Å². The van der Waals surface area contributed by atoms with Crippen LogP contribution >= 0.6 is 15.9 Å². The molecule has 4 N–H and O–H groups in total. The molecule has 0 aliphatic carbocycles. The SMILES string of the molecule is C.CC1(C)OB(c2ccc(N3CCN(c4ccc(-n5cc(C(O)C(F)(F)F)nn5)nc4)CC3)cc2)OC1(C)C.CN.OC(c1cn(-c2ccc(N3CCN(c4ccc(Br)cc4)CC3)cn2)nn1)C(F)(F)F. The zero-order chi connectivity index (χ0) is 50.6. The van der Waals surface area contributed by atoms with Crippen molar-refractivity contribution < 1.29 is 45.9 Å². The monoisotopic (exact) mass is 1060 g/mol. The Hall–Kier alpha value is -5.86. The molecule has 3 aliphatic rings. The van der Waals surface area contributed by atoms with E-state index in [-0.39, 0.29) is 25.7 Å². The molecule has 0 saturated carbocycles. The van der Waals surface area contributed by atoms with Crippen LogP contribution in [0.25, 0.3) is 11.6 Å². The van der Waals surface area contributed by atoms with Crippen molar-refractivity contribution in [3.63, 3.8) is 0 Å². The molecule has 3 saturated heterocycles. The number of aromatic nitrogens is 8. The van der Waals surface area contributed by atoms with E-state index in [0.29, 0.717) is 11.6 Å². The van der Waals surface area contributed by atoms with E-state index < -0.39 is 35.9 Å². The summed E-state index contributed by atoms with van der Waals surface area (Å²) < 4.78 is 91.5. The summed E-state index contributed by atoms with van der Waals surface area (Å²) in [6.07, 6.45) is -9.60. The quantitative estimate of drug-likeness (QED) is 0.106. The lowest BCUT2D eigenvalue weighted by atomic mass is 9.79. The molecule has 0 radical (unpaired) electrons. The maximum absolute atomic E-state index is 12.7. The fourth-order valence-corrected chi connectivity index (χ4v) is 7.95. The summed E-state index contributed by atoms with van der Waals surface area (Å²) in [5, 5.41) is 32.7. The van der Waals surface area contributed by atoms with Crippen molar-refractivity contribution in [2.45, 2.75) is 70.9 Å². The Morgan fingerprint density at radius 1 is 0.563 bits per heavy atom. The fraction of sp³-hybridized carbons (Fsp3) is 0.435. The van der Waals surface area contributed by atoms with Gasteiger partial charge < -0.3 is 44.9 Å². The highest BCUT2D eigenvalue weighted by molar-refractivity contribution is 9.10. The molecule has 382 valence electrons. The van der Waals surface area contributed by atoms with E-state index >= 15 is 0 Å². The van der Waals surface area contributed by atoms with Crippen LogP contribution in [0.3, 0.4) is 0 Å². The zero-order valence-electron chi connectivity index (χ0n) is 38.9. The number of nitrogens with two attached hydrogens (primary N) is 1. The fourth-order valence-electron chi connectivity index (χ4n) is 7.68. The summed E-state index contributed by atoms with van der Waals surface area (Å²) in [5.41, 5.74) is 7.70. The average molecular weight is 1060 g/mol. The number of aliphatic hydroxyl groups is 2. The van der Waals surface area contributed by atoms with Gasteiger partial charge in [-0.2, -0.15) is 26.3 Å². The second-order valence-corrected chi connectivity index (χ2v) is 18.3. The molecule has 17 nitrogen and oxygen atoms in total. The standard InChI is InChI=1S/C25H30BF3N6O3.C19H18BrF3N6O.CH5N.CH4/c1-23(2)24(3,4)38-26(37-23)17-5-7-18(8-6-17)33-11-13-34(14-12-33)19-9-10-21(30-15-19)35-16-20(31-32-35)22(36)25(27,28)29;20-13-1-3-14(4-2-13)27-7-9-28(10-8-27)15-5-6-17(24-11-15)29-12-16(25-26-29)18(30)19(21,22)23;1-2;/h5-10,15-16,22,36H,11-14H2,1-4H3;1-6,11-12,18,30H,7-10H2;2H2,1H3;1H4. The molecule has 2 unspecified atom stereocenters. The number of anilines is 4. The summed E-state index contributed by atoms with van der Waals surface area (Å²) in [5.74, 6) is 0.628. The van der Waals surface area contributed by atoms with E-state index in [1.165, 1.54) is 12.7 Å². The average Bonchev–Trinajstić information content (AvgIpc) is 4.10. The number of alkyl halides is 6. The Balaban J connectivity index is 0.000000227. The normalized spacial score (nSPS) is 17.6. The van der Waals surface area contributed by atoms with Crippen molar-refractivity contribution in [2.75, 3.05) is 79.0 Å². The molecule has 7 heterocycles. The molecule has 9 rings (SSSR count). The molecule has 3 fully saturated rings.